The molecule has 1 aliphatic rings. The summed E-state index contributed by atoms with van der Waals surface area (Å²) in [5.74, 6) is -2.17. The standard InChI is InChI=1S/C13H16F2N2O2/c14-11-3-1-2-10(12(11)15)8-4-5-9(16)7-17(6-8)13(18)19/h1-3,8-9H,4-7,16H2,(H,18,19)/t8-,9-/m1/s1. The van der Waals surface area contributed by atoms with Crippen LogP contribution in [0.5, 0.6) is 0 Å². The Kier molecular flexibility index (Phi) is 3.99. The predicted molar refractivity (Wildman–Crippen MR) is 65.9 cm³/mol. The van der Waals surface area contributed by atoms with Crippen LogP contribution in [0.3, 0.4) is 0 Å². The van der Waals surface area contributed by atoms with E-state index in [2.05, 4.69) is 0 Å². The van der Waals surface area contributed by atoms with Gasteiger partial charge < -0.3 is 15.7 Å². The second-order valence-corrected chi connectivity index (χ2v) is 4.86. The van der Waals surface area contributed by atoms with E-state index < -0.39 is 17.7 Å². The number of carboxylic acid groups (broad SMARTS) is 1. The lowest BCUT2D eigenvalue weighted by atomic mass is 9.93. The van der Waals surface area contributed by atoms with Gasteiger partial charge in [-0.3, -0.25) is 0 Å². The van der Waals surface area contributed by atoms with Gasteiger partial charge in [0.1, 0.15) is 0 Å². The van der Waals surface area contributed by atoms with Crippen LogP contribution in [-0.2, 0) is 0 Å². The van der Waals surface area contributed by atoms with Crippen LogP contribution in [0.15, 0.2) is 18.2 Å². The highest BCUT2D eigenvalue weighted by molar-refractivity contribution is 5.65. The van der Waals surface area contributed by atoms with Crippen molar-refractivity contribution in [2.45, 2.75) is 24.8 Å². The zero-order valence-electron chi connectivity index (χ0n) is 10.4. The zero-order valence-corrected chi connectivity index (χ0v) is 10.4. The summed E-state index contributed by atoms with van der Waals surface area (Å²) in [6, 6.07) is 3.72. The Morgan fingerprint density at radius 3 is 2.74 bits per heavy atom. The van der Waals surface area contributed by atoms with Crippen molar-refractivity contribution in [3.63, 3.8) is 0 Å². The van der Waals surface area contributed by atoms with Crippen LogP contribution >= 0.6 is 0 Å². The van der Waals surface area contributed by atoms with Crippen LogP contribution in [0, 0.1) is 11.6 Å². The van der Waals surface area contributed by atoms with Gasteiger partial charge in [0, 0.05) is 25.0 Å². The number of halogens is 2. The topological polar surface area (TPSA) is 66.6 Å². The summed E-state index contributed by atoms with van der Waals surface area (Å²) in [5, 5.41) is 9.07. The van der Waals surface area contributed by atoms with Crippen molar-refractivity contribution in [2.75, 3.05) is 13.1 Å². The summed E-state index contributed by atoms with van der Waals surface area (Å²) in [6.45, 7) is 0.367. The molecule has 1 fully saturated rings. The molecule has 0 unspecified atom stereocenters. The molecule has 0 radical (unpaired) electrons. The lowest BCUT2D eigenvalue weighted by molar-refractivity contribution is 0.143. The highest BCUT2D eigenvalue weighted by atomic mass is 19.2. The fourth-order valence-corrected chi connectivity index (χ4v) is 2.47. The minimum atomic E-state index is -1.08. The molecule has 0 aromatic heterocycles. The number of nitrogens with zero attached hydrogens (tertiary/aromatic N) is 1. The van der Waals surface area contributed by atoms with Gasteiger partial charge in [-0.1, -0.05) is 12.1 Å². The minimum absolute atomic E-state index is 0.142. The van der Waals surface area contributed by atoms with E-state index in [1.165, 1.54) is 17.0 Å². The zero-order chi connectivity index (χ0) is 14.0. The molecule has 1 aromatic rings. The summed E-state index contributed by atoms with van der Waals surface area (Å²) in [6.07, 6.45) is 0.0505. The molecule has 19 heavy (non-hydrogen) atoms. The number of benzene rings is 1. The third kappa shape index (κ3) is 3.01. The van der Waals surface area contributed by atoms with Crippen LogP contribution in [0.2, 0.25) is 0 Å². The first-order chi connectivity index (χ1) is 8.99. The molecule has 1 aliphatic heterocycles. The van der Waals surface area contributed by atoms with E-state index in [9.17, 15) is 13.6 Å². The molecule has 0 aliphatic carbocycles. The SMILES string of the molecule is N[C@@H]1CC[C@@H](c2cccc(F)c2F)CN(C(=O)O)C1. The van der Waals surface area contributed by atoms with Crippen molar-refractivity contribution in [1.29, 1.82) is 0 Å². The van der Waals surface area contributed by atoms with Gasteiger partial charge in [-0.25, -0.2) is 13.6 Å². The van der Waals surface area contributed by atoms with Gasteiger partial charge in [0.2, 0.25) is 0 Å². The van der Waals surface area contributed by atoms with E-state index in [0.717, 1.165) is 6.07 Å². The Balaban J connectivity index is 2.27. The second kappa shape index (κ2) is 5.52. The molecule has 6 heteroatoms. The number of amides is 1. The maximum atomic E-state index is 13.8. The minimum Gasteiger partial charge on any atom is -0.465 e. The molecule has 104 valence electrons. The monoisotopic (exact) mass is 270 g/mol. The predicted octanol–water partition coefficient (Wildman–Crippen LogP) is 2.15. The molecule has 1 saturated heterocycles. The largest absolute Gasteiger partial charge is 0.465 e. The van der Waals surface area contributed by atoms with E-state index in [-0.39, 0.29) is 30.6 Å². The van der Waals surface area contributed by atoms with Gasteiger partial charge in [-0.05, 0) is 24.5 Å². The third-order valence-electron chi connectivity index (χ3n) is 3.47. The highest BCUT2D eigenvalue weighted by Crippen LogP contribution is 2.29. The van der Waals surface area contributed by atoms with Gasteiger partial charge in [0.05, 0.1) is 0 Å². The third-order valence-corrected chi connectivity index (χ3v) is 3.47. The second-order valence-electron chi connectivity index (χ2n) is 4.86. The molecule has 0 spiro atoms. The van der Waals surface area contributed by atoms with E-state index in [1.807, 2.05) is 0 Å². The number of hydrogen-bond acceptors (Lipinski definition) is 2. The Morgan fingerprint density at radius 2 is 2.05 bits per heavy atom. The summed E-state index contributed by atoms with van der Waals surface area (Å²) >= 11 is 0. The molecule has 0 saturated carbocycles. The highest BCUT2D eigenvalue weighted by Gasteiger charge is 2.28. The lowest BCUT2D eigenvalue weighted by Crippen LogP contribution is -2.39. The fourth-order valence-electron chi connectivity index (χ4n) is 2.47. The maximum Gasteiger partial charge on any atom is 0.407 e. The first kappa shape index (κ1) is 13.7. The van der Waals surface area contributed by atoms with Gasteiger partial charge in [-0.15, -0.1) is 0 Å². The number of nitrogens with two attached hydrogens (primary N) is 1. The molecule has 0 bridgehead atoms. The summed E-state index contributed by atoms with van der Waals surface area (Å²) < 4.78 is 27.0. The van der Waals surface area contributed by atoms with Crippen LogP contribution in [0.4, 0.5) is 13.6 Å². The van der Waals surface area contributed by atoms with Crippen molar-refractivity contribution >= 4 is 6.09 Å². The van der Waals surface area contributed by atoms with Gasteiger partial charge in [0.25, 0.3) is 0 Å². The number of hydrogen-bond donors (Lipinski definition) is 2. The smallest absolute Gasteiger partial charge is 0.407 e. The van der Waals surface area contributed by atoms with Gasteiger partial charge >= 0.3 is 6.09 Å². The number of carbonyl (C=O) groups is 1. The van der Waals surface area contributed by atoms with Gasteiger partial charge in [-0.2, -0.15) is 0 Å². The van der Waals surface area contributed by atoms with Crippen LogP contribution in [0.25, 0.3) is 0 Å². The van der Waals surface area contributed by atoms with Crippen LogP contribution < -0.4 is 5.73 Å². The van der Waals surface area contributed by atoms with Crippen molar-refractivity contribution in [1.82, 2.24) is 4.90 Å². The first-order valence-electron chi connectivity index (χ1n) is 6.16. The first-order valence-corrected chi connectivity index (χ1v) is 6.16. The van der Waals surface area contributed by atoms with Crippen LogP contribution in [0.1, 0.15) is 24.3 Å². The van der Waals surface area contributed by atoms with Crippen molar-refractivity contribution < 1.29 is 18.7 Å². The van der Waals surface area contributed by atoms with E-state index in [1.54, 1.807) is 0 Å². The molecule has 1 amide bonds. The van der Waals surface area contributed by atoms with E-state index in [0.29, 0.717) is 12.8 Å². The van der Waals surface area contributed by atoms with Crippen LogP contribution in [-0.4, -0.2) is 35.2 Å². The average Bonchev–Trinajstić information content (AvgIpc) is 2.55. The summed E-state index contributed by atoms with van der Waals surface area (Å²) in [7, 11) is 0. The summed E-state index contributed by atoms with van der Waals surface area (Å²) in [4.78, 5) is 12.3. The van der Waals surface area contributed by atoms with Gasteiger partial charge in [0.15, 0.2) is 11.6 Å². The van der Waals surface area contributed by atoms with E-state index >= 15 is 0 Å². The van der Waals surface area contributed by atoms with Crippen molar-refractivity contribution in [3.05, 3.63) is 35.4 Å². The number of likely N-dealkylation sites (tertiary alicyclic amines) is 1. The Hall–Kier alpha value is -1.69. The molecule has 1 heterocycles. The molecule has 3 N–H and O–H groups in total. The van der Waals surface area contributed by atoms with Crippen molar-refractivity contribution in [3.8, 4) is 0 Å². The normalized spacial score (nSPS) is 24.1. The quantitative estimate of drug-likeness (QED) is 0.821. The molecule has 1 aromatic carbocycles. The Morgan fingerprint density at radius 1 is 1.32 bits per heavy atom. The fraction of sp³-hybridized carbons (Fsp3) is 0.462. The Labute approximate surface area is 109 Å². The Bertz CT molecular complexity index is 482. The molecule has 2 atom stereocenters. The summed E-state index contributed by atoms with van der Waals surface area (Å²) in [5.41, 5.74) is 6.02. The molecule has 2 rings (SSSR count). The van der Waals surface area contributed by atoms with E-state index in [4.69, 9.17) is 10.8 Å². The molecular weight excluding hydrogens is 254 g/mol. The van der Waals surface area contributed by atoms with Crippen molar-refractivity contribution in [2.24, 2.45) is 5.73 Å². The lowest BCUT2D eigenvalue weighted by Gasteiger charge is -2.22. The number of rotatable bonds is 1. The average molecular weight is 270 g/mol. The molecular formula is C13H16F2N2O2. The molecule has 4 nitrogen and oxygen atoms in total. The maximum absolute atomic E-state index is 13.8.